The van der Waals surface area contributed by atoms with Crippen LogP contribution in [0.25, 0.3) is 0 Å². The molecule has 0 aliphatic carbocycles. The van der Waals surface area contributed by atoms with E-state index < -0.39 is 10.5 Å². The number of rotatable bonds is 3. The summed E-state index contributed by atoms with van der Waals surface area (Å²) >= 11 is 0. The van der Waals surface area contributed by atoms with Crippen molar-refractivity contribution in [2.24, 2.45) is 0 Å². The molecule has 0 radical (unpaired) electrons. The summed E-state index contributed by atoms with van der Waals surface area (Å²) in [5, 5.41) is 39.9. The summed E-state index contributed by atoms with van der Waals surface area (Å²) in [6.07, 6.45) is 0. The highest BCUT2D eigenvalue weighted by Gasteiger charge is 2.24. The molecule has 0 unspecified atom stereocenters. The van der Waals surface area contributed by atoms with Gasteiger partial charge >= 0.3 is 0 Å². The van der Waals surface area contributed by atoms with E-state index in [0.717, 1.165) is 6.07 Å². The number of nitro groups is 1. The SMILES string of the molecule is N#CC(C#N)=C(C#N)Nc1cc2c(cc1[N+](=O)[O-])OCO2. The van der Waals surface area contributed by atoms with Gasteiger partial charge in [0.05, 0.1) is 11.0 Å². The van der Waals surface area contributed by atoms with Gasteiger partial charge in [0.25, 0.3) is 5.69 Å². The first-order valence-corrected chi connectivity index (χ1v) is 5.40. The molecular weight excluding hydrogens is 278 g/mol. The first kappa shape index (κ1) is 13.7. The van der Waals surface area contributed by atoms with Gasteiger partial charge in [0, 0.05) is 6.07 Å². The van der Waals surface area contributed by atoms with Gasteiger partial charge in [0.2, 0.25) is 6.79 Å². The maximum absolute atomic E-state index is 11.0. The molecule has 1 aromatic rings. The molecule has 0 saturated carbocycles. The number of ether oxygens (including phenoxy) is 2. The summed E-state index contributed by atoms with van der Waals surface area (Å²) < 4.78 is 10.1. The summed E-state index contributed by atoms with van der Waals surface area (Å²) in [5.41, 5.74) is -1.32. The van der Waals surface area contributed by atoms with Crippen LogP contribution in [0, 0.1) is 44.1 Å². The Bertz CT molecular complexity index is 763. The fourth-order valence-corrected chi connectivity index (χ4v) is 1.60. The standard InChI is InChI=1S/C12H5N5O4/c13-3-7(4-14)9(5-15)16-8-1-11-12(21-6-20-11)2-10(8)17(18)19/h1-2,16H,6H2. The molecule has 0 fully saturated rings. The van der Waals surface area contributed by atoms with Crippen molar-refractivity contribution in [2.75, 3.05) is 12.1 Å². The van der Waals surface area contributed by atoms with Gasteiger partial charge in [-0.15, -0.1) is 0 Å². The van der Waals surface area contributed by atoms with Crippen LogP contribution in [-0.4, -0.2) is 11.7 Å². The van der Waals surface area contributed by atoms with Crippen LogP contribution in [0.2, 0.25) is 0 Å². The van der Waals surface area contributed by atoms with E-state index in [4.69, 9.17) is 25.3 Å². The number of benzene rings is 1. The molecule has 0 bridgehead atoms. The summed E-state index contributed by atoms with van der Waals surface area (Å²) in [7, 11) is 0. The van der Waals surface area contributed by atoms with E-state index >= 15 is 0 Å². The van der Waals surface area contributed by atoms with Crippen LogP contribution in [-0.2, 0) is 0 Å². The number of anilines is 1. The van der Waals surface area contributed by atoms with Gasteiger partial charge in [0.1, 0.15) is 29.6 Å². The Morgan fingerprint density at radius 3 is 2.33 bits per heavy atom. The Kier molecular flexibility index (Phi) is 3.56. The third-order valence-corrected chi connectivity index (χ3v) is 2.53. The number of hydrogen-bond donors (Lipinski definition) is 1. The molecule has 2 rings (SSSR count). The van der Waals surface area contributed by atoms with Crippen molar-refractivity contribution in [1.29, 1.82) is 15.8 Å². The Hall–Kier alpha value is -3.77. The predicted molar refractivity (Wildman–Crippen MR) is 66.7 cm³/mol. The molecule has 1 aliphatic rings. The van der Waals surface area contributed by atoms with Crippen LogP contribution in [0.1, 0.15) is 0 Å². The van der Waals surface area contributed by atoms with Gasteiger partial charge in [-0.2, -0.15) is 15.8 Å². The lowest BCUT2D eigenvalue weighted by molar-refractivity contribution is -0.384. The van der Waals surface area contributed by atoms with Crippen LogP contribution >= 0.6 is 0 Å². The fourth-order valence-electron chi connectivity index (χ4n) is 1.60. The Morgan fingerprint density at radius 1 is 1.19 bits per heavy atom. The highest BCUT2D eigenvalue weighted by atomic mass is 16.7. The molecule has 1 aromatic carbocycles. The minimum Gasteiger partial charge on any atom is -0.454 e. The zero-order valence-electron chi connectivity index (χ0n) is 10.3. The van der Waals surface area contributed by atoms with Crippen molar-refractivity contribution in [1.82, 2.24) is 0 Å². The third-order valence-electron chi connectivity index (χ3n) is 2.53. The monoisotopic (exact) mass is 283 g/mol. The van der Waals surface area contributed by atoms with Gasteiger partial charge in [-0.05, 0) is 0 Å². The Labute approximate surface area is 118 Å². The number of nitro benzene ring substituents is 1. The molecule has 0 spiro atoms. The maximum Gasteiger partial charge on any atom is 0.296 e. The molecule has 0 amide bonds. The lowest BCUT2D eigenvalue weighted by Crippen LogP contribution is -2.03. The summed E-state index contributed by atoms with van der Waals surface area (Å²) in [4.78, 5) is 10.4. The number of nitriles is 3. The number of allylic oxidation sites excluding steroid dienone is 2. The van der Waals surface area contributed by atoms with E-state index in [1.807, 2.05) is 0 Å². The van der Waals surface area contributed by atoms with Crippen molar-refractivity contribution >= 4 is 11.4 Å². The second-order valence-corrected chi connectivity index (χ2v) is 3.69. The molecule has 9 heteroatoms. The van der Waals surface area contributed by atoms with Crippen LogP contribution in [0.3, 0.4) is 0 Å². The zero-order chi connectivity index (χ0) is 15.4. The van der Waals surface area contributed by atoms with Crippen LogP contribution in [0.5, 0.6) is 11.5 Å². The first-order valence-electron chi connectivity index (χ1n) is 5.40. The summed E-state index contributed by atoms with van der Waals surface area (Å²) in [5.74, 6) is 0.464. The molecule has 1 N–H and O–H groups in total. The molecule has 0 saturated heterocycles. The van der Waals surface area contributed by atoms with Crippen LogP contribution in [0.15, 0.2) is 23.4 Å². The number of fused-ring (bicyclic) bond motifs is 1. The van der Waals surface area contributed by atoms with Crippen LogP contribution < -0.4 is 14.8 Å². The molecule has 1 aliphatic heterocycles. The van der Waals surface area contributed by atoms with Crippen LogP contribution in [0.4, 0.5) is 11.4 Å². The van der Waals surface area contributed by atoms with Gasteiger partial charge in [0.15, 0.2) is 17.1 Å². The normalized spacial score (nSPS) is 10.7. The van der Waals surface area contributed by atoms with Crippen molar-refractivity contribution in [3.8, 4) is 29.7 Å². The molecule has 0 aromatic heterocycles. The van der Waals surface area contributed by atoms with Crippen molar-refractivity contribution in [3.05, 3.63) is 33.5 Å². The average molecular weight is 283 g/mol. The second kappa shape index (κ2) is 5.47. The van der Waals surface area contributed by atoms with E-state index in [1.54, 1.807) is 6.07 Å². The maximum atomic E-state index is 11.0. The van der Waals surface area contributed by atoms with Gasteiger partial charge in [-0.1, -0.05) is 0 Å². The lowest BCUT2D eigenvalue weighted by Gasteiger charge is -2.06. The minimum absolute atomic E-state index is 0.0709. The Morgan fingerprint density at radius 2 is 1.81 bits per heavy atom. The number of nitrogens with one attached hydrogen (secondary N) is 1. The molecule has 1 heterocycles. The Balaban J connectivity index is 2.53. The summed E-state index contributed by atoms with van der Waals surface area (Å²) in [6, 6.07) is 7.08. The quantitative estimate of drug-likeness (QED) is 0.499. The van der Waals surface area contributed by atoms with E-state index in [2.05, 4.69) is 5.32 Å². The molecule has 0 atom stereocenters. The number of hydrogen-bond acceptors (Lipinski definition) is 8. The minimum atomic E-state index is -0.683. The fraction of sp³-hybridized carbons (Fsp3) is 0.0833. The predicted octanol–water partition coefficient (Wildman–Crippen LogP) is 1.56. The molecule has 102 valence electrons. The third kappa shape index (κ3) is 2.50. The number of nitrogens with zero attached hydrogens (tertiary/aromatic N) is 4. The van der Waals surface area contributed by atoms with Crippen molar-refractivity contribution < 1.29 is 14.4 Å². The highest BCUT2D eigenvalue weighted by molar-refractivity contribution is 5.72. The van der Waals surface area contributed by atoms with Gasteiger partial charge in [-0.25, -0.2) is 0 Å². The van der Waals surface area contributed by atoms with E-state index in [0.29, 0.717) is 0 Å². The topological polar surface area (TPSA) is 145 Å². The van der Waals surface area contributed by atoms with Gasteiger partial charge in [-0.3, -0.25) is 10.1 Å². The average Bonchev–Trinajstić information content (AvgIpc) is 2.93. The largest absolute Gasteiger partial charge is 0.454 e. The lowest BCUT2D eigenvalue weighted by atomic mass is 10.2. The van der Waals surface area contributed by atoms with Crippen molar-refractivity contribution in [2.45, 2.75) is 0 Å². The highest BCUT2D eigenvalue weighted by Crippen LogP contribution is 2.41. The van der Waals surface area contributed by atoms with Crippen molar-refractivity contribution in [3.63, 3.8) is 0 Å². The molecule has 9 nitrogen and oxygen atoms in total. The summed E-state index contributed by atoms with van der Waals surface area (Å²) in [6.45, 7) is -0.0709. The van der Waals surface area contributed by atoms with E-state index in [9.17, 15) is 10.1 Å². The smallest absolute Gasteiger partial charge is 0.296 e. The zero-order valence-corrected chi connectivity index (χ0v) is 10.3. The van der Waals surface area contributed by atoms with Gasteiger partial charge < -0.3 is 14.8 Å². The first-order chi connectivity index (χ1) is 10.1. The molecular formula is C12H5N5O4. The van der Waals surface area contributed by atoms with E-state index in [1.165, 1.54) is 18.2 Å². The second-order valence-electron chi connectivity index (χ2n) is 3.69. The van der Waals surface area contributed by atoms with E-state index in [-0.39, 0.29) is 35.4 Å². The molecule has 21 heavy (non-hydrogen) atoms.